The summed E-state index contributed by atoms with van der Waals surface area (Å²) in [7, 11) is 0. The highest BCUT2D eigenvalue weighted by Gasteiger charge is 2.28. The molecule has 1 aliphatic rings. The molecule has 1 N–H and O–H groups in total. The summed E-state index contributed by atoms with van der Waals surface area (Å²) >= 11 is 0. The van der Waals surface area contributed by atoms with Gasteiger partial charge in [0.15, 0.2) is 6.21 Å². The highest BCUT2D eigenvalue weighted by molar-refractivity contribution is 5.89. The van der Waals surface area contributed by atoms with Gasteiger partial charge in [0.2, 0.25) is 11.5 Å². The Morgan fingerprint density at radius 3 is 2.46 bits per heavy atom. The number of ether oxygens (including phenoxy) is 3. The van der Waals surface area contributed by atoms with Crippen LogP contribution in [0.25, 0.3) is 5.76 Å². The topological polar surface area (TPSA) is 58.7 Å². The van der Waals surface area contributed by atoms with Gasteiger partial charge < -0.3 is 14.2 Å². The van der Waals surface area contributed by atoms with Crippen molar-refractivity contribution in [2.45, 2.75) is 26.6 Å². The molecular weight excluding hydrogens is 354 g/mol. The molecule has 0 aromatic heterocycles. The molecule has 0 fully saturated rings. The molecule has 5 nitrogen and oxygen atoms in total. The number of benzene rings is 2. The van der Waals surface area contributed by atoms with E-state index < -0.39 is 5.79 Å². The van der Waals surface area contributed by atoms with Crippen LogP contribution in [-0.2, 0) is 14.2 Å². The molecule has 0 saturated carbocycles. The number of carbonyl (C=O) groups is 1. The quantitative estimate of drug-likeness (QED) is 0.640. The van der Waals surface area contributed by atoms with Crippen molar-refractivity contribution in [3.8, 4) is 0 Å². The van der Waals surface area contributed by atoms with Crippen molar-refractivity contribution in [3.05, 3.63) is 83.6 Å². The van der Waals surface area contributed by atoms with Crippen LogP contribution in [0.3, 0.4) is 0 Å². The summed E-state index contributed by atoms with van der Waals surface area (Å²) in [6.45, 7) is 5.89. The van der Waals surface area contributed by atoms with E-state index in [4.69, 9.17) is 14.2 Å². The normalized spacial score (nSPS) is 17.0. The molecule has 1 heterocycles. The van der Waals surface area contributed by atoms with Crippen LogP contribution in [0.15, 0.2) is 72.5 Å². The van der Waals surface area contributed by atoms with Gasteiger partial charge in [0.1, 0.15) is 11.5 Å². The number of allylic oxidation sites excluding steroid dienone is 2. The second-order valence-corrected chi connectivity index (χ2v) is 6.66. The van der Waals surface area contributed by atoms with Crippen molar-refractivity contribution >= 4 is 23.6 Å². The first-order chi connectivity index (χ1) is 13.5. The van der Waals surface area contributed by atoms with Crippen LogP contribution >= 0.6 is 0 Å². The standard InChI is InChI=1S/C23H23NO4/c1-4-26-22(25)18-10-12-19(13-11-18)24-15-14-20-16-21(28-23(2,3)27-20)17-8-6-5-7-9-17/h5-16H,4H2,1-3H3/p+1/b20-14+,24-15?. The Labute approximate surface area is 165 Å². The molecule has 0 amide bonds. The van der Waals surface area contributed by atoms with Crippen LogP contribution < -0.4 is 4.99 Å². The summed E-state index contributed by atoms with van der Waals surface area (Å²) in [6, 6.07) is 17.0. The van der Waals surface area contributed by atoms with Crippen molar-refractivity contribution in [2.75, 3.05) is 6.61 Å². The highest BCUT2D eigenvalue weighted by atomic mass is 16.7. The van der Waals surface area contributed by atoms with Gasteiger partial charge >= 0.3 is 5.97 Å². The van der Waals surface area contributed by atoms with E-state index in [9.17, 15) is 4.79 Å². The lowest BCUT2D eigenvalue weighted by Crippen LogP contribution is -2.61. The molecule has 3 rings (SSSR count). The highest BCUT2D eigenvalue weighted by Crippen LogP contribution is 2.32. The van der Waals surface area contributed by atoms with E-state index in [1.807, 2.05) is 68.5 Å². The lowest BCUT2D eigenvalue weighted by Gasteiger charge is -2.33. The Hall–Kier alpha value is -3.34. The second kappa shape index (κ2) is 8.57. The molecular formula is C23H24NO4+. The van der Waals surface area contributed by atoms with E-state index in [-0.39, 0.29) is 5.97 Å². The van der Waals surface area contributed by atoms with Crippen LogP contribution in [-0.4, -0.2) is 24.6 Å². The van der Waals surface area contributed by atoms with Crippen LogP contribution in [0.1, 0.15) is 36.7 Å². The smallest absolute Gasteiger partial charge is 0.338 e. The van der Waals surface area contributed by atoms with Gasteiger partial charge in [-0.3, -0.25) is 0 Å². The van der Waals surface area contributed by atoms with Gasteiger partial charge in [0.25, 0.3) is 0 Å². The maximum Gasteiger partial charge on any atom is 0.338 e. The largest absolute Gasteiger partial charge is 0.462 e. The summed E-state index contributed by atoms with van der Waals surface area (Å²) in [5.41, 5.74) is 2.37. The SMILES string of the molecule is CCOC(=O)c1ccc([NH+]=C/C=C2\C=C(c3ccccc3)OC(C)(C)O2)cc1. The molecule has 2 aromatic rings. The van der Waals surface area contributed by atoms with E-state index in [1.54, 1.807) is 25.3 Å². The van der Waals surface area contributed by atoms with Crippen LogP contribution in [0.4, 0.5) is 5.69 Å². The van der Waals surface area contributed by atoms with Gasteiger partial charge in [-0.05, 0) is 19.1 Å². The van der Waals surface area contributed by atoms with Crippen molar-refractivity contribution < 1.29 is 24.0 Å². The minimum absolute atomic E-state index is 0.323. The van der Waals surface area contributed by atoms with Crippen LogP contribution in [0.5, 0.6) is 0 Å². The molecule has 28 heavy (non-hydrogen) atoms. The number of nitrogens with one attached hydrogen (secondary N) is 1. The van der Waals surface area contributed by atoms with Gasteiger partial charge in [0, 0.05) is 43.7 Å². The molecule has 0 saturated heterocycles. The molecule has 5 heteroatoms. The Bertz CT molecular complexity index is 909. The van der Waals surface area contributed by atoms with Crippen molar-refractivity contribution in [1.29, 1.82) is 0 Å². The average molecular weight is 378 g/mol. The Kier molecular flexibility index (Phi) is 5.94. The monoisotopic (exact) mass is 378 g/mol. The molecule has 0 aliphatic carbocycles. The maximum atomic E-state index is 11.7. The summed E-state index contributed by atoms with van der Waals surface area (Å²) in [6.07, 6.45) is 5.49. The van der Waals surface area contributed by atoms with E-state index in [0.29, 0.717) is 17.9 Å². The zero-order valence-electron chi connectivity index (χ0n) is 16.3. The van der Waals surface area contributed by atoms with E-state index in [1.165, 1.54) is 0 Å². The van der Waals surface area contributed by atoms with Crippen molar-refractivity contribution in [2.24, 2.45) is 0 Å². The van der Waals surface area contributed by atoms with Gasteiger partial charge in [-0.2, -0.15) is 0 Å². The van der Waals surface area contributed by atoms with Gasteiger partial charge in [-0.15, -0.1) is 0 Å². The zero-order valence-corrected chi connectivity index (χ0v) is 16.3. The van der Waals surface area contributed by atoms with E-state index in [2.05, 4.69) is 4.99 Å². The van der Waals surface area contributed by atoms with Gasteiger partial charge in [-0.1, -0.05) is 30.3 Å². The number of rotatable bonds is 5. The minimum Gasteiger partial charge on any atom is -0.462 e. The summed E-state index contributed by atoms with van der Waals surface area (Å²) in [5, 5.41) is 0. The molecule has 0 radical (unpaired) electrons. The lowest BCUT2D eigenvalue weighted by molar-refractivity contribution is -0.346. The fourth-order valence-electron chi connectivity index (χ4n) is 2.72. The lowest BCUT2D eigenvalue weighted by atomic mass is 10.1. The minimum atomic E-state index is -0.763. The van der Waals surface area contributed by atoms with Crippen molar-refractivity contribution in [1.82, 2.24) is 0 Å². The van der Waals surface area contributed by atoms with Gasteiger partial charge in [-0.25, -0.2) is 9.79 Å². The summed E-state index contributed by atoms with van der Waals surface area (Å²) in [5.74, 6) is 0.360. The number of esters is 1. The van der Waals surface area contributed by atoms with Crippen LogP contribution in [0, 0.1) is 0 Å². The maximum absolute atomic E-state index is 11.7. The fraction of sp³-hybridized carbons (Fsp3) is 0.217. The average Bonchev–Trinajstić information content (AvgIpc) is 2.68. The first kappa shape index (κ1) is 19.4. The number of hydrogen-bond donors (Lipinski definition) is 1. The summed E-state index contributed by atoms with van der Waals surface area (Å²) < 4.78 is 16.8. The van der Waals surface area contributed by atoms with E-state index >= 15 is 0 Å². The van der Waals surface area contributed by atoms with Gasteiger partial charge in [0.05, 0.1) is 12.2 Å². The zero-order chi connectivity index (χ0) is 20.0. The van der Waals surface area contributed by atoms with Crippen molar-refractivity contribution in [3.63, 3.8) is 0 Å². The Morgan fingerprint density at radius 2 is 1.79 bits per heavy atom. The third-order valence-electron chi connectivity index (χ3n) is 3.94. The number of hydrogen-bond acceptors (Lipinski definition) is 4. The fourth-order valence-corrected chi connectivity index (χ4v) is 2.72. The third kappa shape index (κ3) is 5.10. The number of carbonyl (C=O) groups excluding carboxylic acids is 1. The second-order valence-electron chi connectivity index (χ2n) is 6.66. The Morgan fingerprint density at radius 1 is 1.07 bits per heavy atom. The molecule has 0 bridgehead atoms. The van der Waals surface area contributed by atoms with E-state index in [0.717, 1.165) is 17.0 Å². The molecule has 0 spiro atoms. The summed E-state index contributed by atoms with van der Waals surface area (Å²) in [4.78, 5) is 14.9. The predicted molar refractivity (Wildman–Crippen MR) is 108 cm³/mol. The first-order valence-electron chi connectivity index (χ1n) is 9.19. The molecule has 2 aromatic carbocycles. The Balaban J connectivity index is 1.76. The van der Waals surface area contributed by atoms with Crippen LogP contribution in [0.2, 0.25) is 0 Å². The predicted octanol–water partition coefficient (Wildman–Crippen LogP) is 3.35. The molecule has 0 unspecified atom stereocenters. The molecule has 0 atom stereocenters. The molecule has 144 valence electrons. The molecule has 1 aliphatic heterocycles. The first-order valence-corrected chi connectivity index (χ1v) is 9.19. The third-order valence-corrected chi connectivity index (χ3v) is 3.94.